The molecule has 23 heavy (non-hydrogen) atoms. The van der Waals surface area contributed by atoms with Gasteiger partial charge in [0.05, 0.1) is 10.9 Å². The van der Waals surface area contributed by atoms with Gasteiger partial charge >= 0.3 is 5.97 Å². The molecular weight excluding hydrogens is 312 g/mol. The monoisotopic (exact) mass is 328 g/mol. The van der Waals surface area contributed by atoms with Crippen molar-refractivity contribution in [3.63, 3.8) is 0 Å². The highest BCUT2D eigenvalue weighted by atomic mass is 32.1. The Hall–Kier alpha value is -2.34. The maximum absolute atomic E-state index is 12.4. The van der Waals surface area contributed by atoms with Gasteiger partial charge in [0.25, 0.3) is 5.56 Å². The van der Waals surface area contributed by atoms with Crippen LogP contribution in [0.2, 0.25) is 0 Å². The zero-order valence-electron chi connectivity index (χ0n) is 12.4. The molecule has 0 aliphatic heterocycles. The summed E-state index contributed by atoms with van der Waals surface area (Å²) in [6, 6.07) is 4.00. The Labute approximate surface area is 136 Å². The van der Waals surface area contributed by atoms with Crippen molar-refractivity contribution < 1.29 is 9.90 Å². The van der Waals surface area contributed by atoms with Crippen LogP contribution in [0.4, 0.5) is 0 Å². The van der Waals surface area contributed by atoms with E-state index >= 15 is 0 Å². The first kappa shape index (κ1) is 14.3. The summed E-state index contributed by atoms with van der Waals surface area (Å²) in [6.07, 6.45) is 8.37. The fourth-order valence-corrected chi connectivity index (χ4v) is 4.25. The molecule has 3 heterocycles. The summed E-state index contributed by atoms with van der Waals surface area (Å²) in [5.74, 6) is -0.935. The lowest BCUT2D eigenvalue weighted by atomic mass is 10.1. The SMILES string of the molecule is O=C(O)c1cc(-c2cn(C3CCCC3)c3cc[nH]c(=O)c23)cs1. The average Bonchev–Trinajstić information content (AvgIpc) is 3.26. The van der Waals surface area contributed by atoms with E-state index in [1.807, 2.05) is 17.6 Å². The molecule has 1 aliphatic rings. The molecular formula is C17H16N2O3S. The summed E-state index contributed by atoms with van der Waals surface area (Å²) in [5.41, 5.74) is 2.42. The van der Waals surface area contributed by atoms with Crippen LogP contribution < -0.4 is 5.56 Å². The van der Waals surface area contributed by atoms with Crippen LogP contribution in [-0.4, -0.2) is 20.6 Å². The third-order valence-electron chi connectivity index (χ3n) is 4.59. The molecule has 4 rings (SSSR count). The van der Waals surface area contributed by atoms with Crippen molar-refractivity contribution in [2.24, 2.45) is 0 Å². The minimum atomic E-state index is -0.935. The molecule has 3 aromatic heterocycles. The van der Waals surface area contributed by atoms with Gasteiger partial charge in [0.15, 0.2) is 0 Å². The lowest BCUT2D eigenvalue weighted by Crippen LogP contribution is -2.07. The van der Waals surface area contributed by atoms with Crippen LogP contribution in [0.3, 0.4) is 0 Å². The Kier molecular flexibility index (Phi) is 3.34. The van der Waals surface area contributed by atoms with E-state index in [1.54, 1.807) is 12.3 Å². The zero-order valence-corrected chi connectivity index (χ0v) is 13.2. The first-order chi connectivity index (χ1) is 11.1. The summed E-state index contributed by atoms with van der Waals surface area (Å²) in [6.45, 7) is 0. The van der Waals surface area contributed by atoms with Gasteiger partial charge < -0.3 is 14.7 Å². The Morgan fingerprint density at radius 2 is 2.13 bits per heavy atom. The van der Waals surface area contributed by atoms with Gasteiger partial charge in [-0.3, -0.25) is 4.79 Å². The van der Waals surface area contributed by atoms with Crippen molar-refractivity contribution in [2.45, 2.75) is 31.7 Å². The number of carboxylic acids is 1. The number of rotatable bonds is 3. The van der Waals surface area contributed by atoms with Crippen LogP contribution in [0.5, 0.6) is 0 Å². The molecule has 0 radical (unpaired) electrons. The number of thiophene rings is 1. The normalized spacial score (nSPS) is 15.5. The summed E-state index contributed by atoms with van der Waals surface area (Å²) < 4.78 is 2.20. The maximum Gasteiger partial charge on any atom is 0.345 e. The molecule has 0 unspecified atom stereocenters. The third kappa shape index (κ3) is 2.30. The van der Waals surface area contributed by atoms with Crippen molar-refractivity contribution in [2.75, 3.05) is 0 Å². The highest BCUT2D eigenvalue weighted by molar-refractivity contribution is 7.12. The van der Waals surface area contributed by atoms with Gasteiger partial charge in [0.2, 0.25) is 0 Å². The number of nitrogens with one attached hydrogen (secondary N) is 1. The van der Waals surface area contributed by atoms with Crippen LogP contribution in [0.25, 0.3) is 22.0 Å². The molecule has 0 aromatic carbocycles. The van der Waals surface area contributed by atoms with Crippen LogP contribution in [-0.2, 0) is 0 Å². The Morgan fingerprint density at radius 1 is 1.35 bits per heavy atom. The number of aromatic amines is 1. The smallest absolute Gasteiger partial charge is 0.345 e. The number of H-pyrrole nitrogens is 1. The van der Waals surface area contributed by atoms with E-state index in [9.17, 15) is 9.59 Å². The van der Waals surface area contributed by atoms with Crippen molar-refractivity contribution in [3.05, 3.63) is 45.1 Å². The number of nitrogens with zero attached hydrogens (tertiary/aromatic N) is 1. The van der Waals surface area contributed by atoms with E-state index in [2.05, 4.69) is 9.55 Å². The molecule has 0 spiro atoms. The predicted octanol–water partition coefficient (Wildman–Crippen LogP) is 3.87. The topological polar surface area (TPSA) is 75.1 Å². The molecule has 1 fully saturated rings. The first-order valence-electron chi connectivity index (χ1n) is 7.69. The molecule has 1 aliphatic carbocycles. The Balaban J connectivity index is 1.95. The fraction of sp³-hybridized carbons (Fsp3) is 0.294. The average molecular weight is 328 g/mol. The molecule has 0 amide bonds. The summed E-state index contributed by atoms with van der Waals surface area (Å²) in [5, 5.41) is 11.6. The second-order valence-electron chi connectivity index (χ2n) is 5.96. The van der Waals surface area contributed by atoms with Gasteiger partial charge in [0.1, 0.15) is 4.88 Å². The van der Waals surface area contributed by atoms with Gasteiger partial charge in [0, 0.05) is 24.0 Å². The molecule has 5 nitrogen and oxygen atoms in total. The van der Waals surface area contributed by atoms with Gasteiger partial charge in [-0.2, -0.15) is 0 Å². The number of hydrogen-bond acceptors (Lipinski definition) is 3. The van der Waals surface area contributed by atoms with Crippen LogP contribution in [0.1, 0.15) is 41.4 Å². The second-order valence-corrected chi connectivity index (χ2v) is 6.87. The highest BCUT2D eigenvalue weighted by Crippen LogP contribution is 2.37. The van der Waals surface area contributed by atoms with Gasteiger partial charge in [-0.1, -0.05) is 12.8 Å². The standard InChI is InChI=1S/C17H16N2O3S/c20-16-15-12(10-7-14(17(21)22)23-9-10)8-19(11-3-1-2-4-11)13(15)5-6-18-16/h5-9,11H,1-4H2,(H,18,20)(H,21,22). The fourth-order valence-electron chi connectivity index (χ4n) is 3.51. The zero-order chi connectivity index (χ0) is 16.0. The number of carbonyl (C=O) groups is 1. The van der Waals surface area contributed by atoms with E-state index in [1.165, 1.54) is 24.2 Å². The molecule has 1 saturated carbocycles. The van der Waals surface area contributed by atoms with E-state index in [0.717, 1.165) is 29.5 Å². The molecule has 118 valence electrons. The van der Waals surface area contributed by atoms with E-state index < -0.39 is 5.97 Å². The van der Waals surface area contributed by atoms with Crippen molar-refractivity contribution in [1.29, 1.82) is 0 Å². The number of fused-ring (bicyclic) bond motifs is 1. The first-order valence-corrected chi connectivity index (χ1v) is 8.57. The number of hydrogen-bond donors (Lipinski definition) is 2. The molecule has 0 atom stereocenters. The summed E-state index contributed by atoms with van der Waals surface area (Å²) >= 11 is 1.19. The van der Waals surface area contributed by atoms with Crippen LogP contribution in [0, 0.1) is 0 Å². The Bertz CT molecular complexity index is 944. The van der Waals surface area contributed by atoms with Gasteiger partial charge in [-0.05, 0) is 35.9 Å². The minimum absolute atomic E-state index is 0.127. The molecule has 0 saturated heterocycles. The third-order valence-corrected chi connectivity index (χ3v) is 5.51. The predicted molar refractivity (Wildman–Crippen MR) is 90.3 cm³/mol. The largest absolute Gasteiger partial charge is 0.477 e. The van der Waals surface area contributed by atoms with Crippen molar-refractivity contribution in [1.82, 2.24) is 9.55 Å². The van der Waals surface area contributed by atoms with Crippen molar-refractivity contribution in [3.8, 4) is 11.1 Å². The number of carboxylic acid groups (broad SMARTS) is 1. The Morgan fingerprint density at radius 3 is 2.83 bits per heavy atom. The lowest BCUT2D eigenvalue weighted by molar-refractivity contribution is 0.0702. The molecule has 6 heteroatoms. The number of aromatic nitrogens is 2. The lowest BCUT2D eigenvalue weighted by Gasteiger charge is -2.12. The number of pyridine rings is 1. The highest BCUT2D eigenvalue weighted by Gasteiger charge is 2.22. The molecule has 3 aromatic rings. The van der Waals surface area contributed by atoms with Gasteiger partial charge in [-0.15, -0.1) is 11.3 Å². The van der Waals surface area contributed by atoms with Crippen LogP contribution >= 0.6 is 11.3 Å². The molecule has 2 N–H and O–H groups in total. The van der Waals surface area contributed by atoms with E-state index in [-0.39, 0.29) is 10.4 Å². The summed E-state index contributed by atoms with van der Waals surface area (Å²) in [4.78, 5) is 26.5. The quantitative estimate of drug-likeness (QED) is 0.766. The van der Waals surface area contributed by atoms with Crippen LogP contribution in [0.15, 0.2) is 34.7 Å². The van der Waals surface area contributed by atoms with Gasteiger partial charge in [-0.25, -0.2) is 4.79 Å². The summed E-state index contributed by atoms with van der Waals surface area (Å²) in [7, 11) is 0. The van der Waals surface area contributed by atoms with E-state index in [4.69, 9.17) is 5.11 Å². The van der Waals surface area contributed by atoms with Crippen molar-refractivity contribution >= 4 is 28.2 Å². The second kappa shape index (κ2) is 5.38. The number of aromatic carboxylic acids is 1. The molecule has 0 bridgehead atoms. The maximum atomic E-state index is 12.4. The minimum Gasteiger partial charge on any atom is -0.477 e. The van der Waals surface area contributed by atoms with E-state index in [0.29, 0.717) is 11.4 Å².